The highest BCUT2D eigenvalue weighted by atomic mass is 35.5. The summed E-state index contributed by atoms with van der Waals surface area (Å²) in [5.74, 6) is 1.47. The summed E-state index contributed by atoms with van der Waals surface area (Å²) in [6.45, 7) is 0. The first-order chi connectivity index (χ1) is 11.6. The molecule has 2 aromatic carbocycles. The van der Waals surface area contributed by atoms with E-state index in [-0.39, 0.29) is 0 Å². The zero-order valence-corrected chi connectivity index (χ0v) is 14.7. The molecule has 0 spiro atoms. The Morgan fingerprint density at radius 1 is 0.917 bits per heavy atom. The van der Waals surface area contributed by atoms with Crippen LogP contribution in [-0.4, -0.2) is 19.2 Å². The van der Waals surface area contributed by atoms with E-state index < -0.39 is 0 Å². The molecular weight excluding hydrogens is 345 g/mol. The summed E-state index contributed by atoms with van der Waals surface area (Å²) in [7, 11) is 3.25. The Bertz CT molecular complexity index is 923. The molecule has 1 aromatic heterocycles. The zero-order valence-electron chi connectivity index (χ0n) is 13.2. The SMILES string of the molecule is COc1ccc(/C=C/c2cc(Cl)c3cc(Cl)ccc3n2)c(OC)c1. The van der Waals surface area contributed by atoms with Gasteiger partial charge in [-0.3, -0.25) is 0 Å². The third kappa shape index (κ3) is 3.48. The molecular formula is C19H15Cl2NO2. The predicted molar refractivity (Wildman–Crippen MR) is 100 cm³/mol. The van der Waals surface area contributed by atoms with E-state index in [1.165, 1.54) is 0 Å². The van der Waals surface area contributed by atoms with Crippen molar-refractivity contribution >= 4 is 46.3 Å². The lowest BCUT2D eigenvalue weighted by Crippen LogP contribution is -1.90. The van der Waals surface area contributed by atoms with E-state index in [1.807, 2.05) is 48.6 Å². The number of pyridine rings is 1. The van der Waals surface area contributed by atoms with Crippen molar-refractivity contribution in [1.82, 2.24) is 4.98 Å². The molecule has 3 nitrogen and oxygen atoms in total. The van der Waals surface area contributed by atoms with Gasteiger partial charge in [0.05, 0.1) is 30.5 Å². The number of nitrogens with zero attached hydrogens (tertiary/aromatic N) is 1. The van der Waals surface area contributed by atoms with E-state index in [2.05, 4.69) is 4.98 Å². The lowest BCUT2D eigenvalue weighted by Gasteiger charge is -2.07. The fraction of sp³-hybridized carbons (Fsp3) is 0.105. The van der Waals surface area contributed by atoms with E-state index in [0.717, 1.165) is 33.7 Å². The molecule has 3 aromatic rings. The topological polar surface area (TPSA) is 31.4 Å². The molecule has 0 amide bonds. The number of methoxy groups -OCH3 is 2. The van der Waals surface area contributed by atoms with Crippen molar-refractivity contribution in [1.29, 1.82) is 0 Å². The molecule has 3 rings (SSSR count). The van der Waals surface area contributed by atoms with Gasteiger partial charge < -0.3 is 9.47 Å². The Morgan fingerprint density at radius 3 is 2.50 bits per heavy atom. The van der Waals surface area contributed by atoms with Crippen LogP contribution < -0.4 is 9.47 Å². The second kappa shape index (κ2) is 7.12. The van der Waals surface area contributed by atoms with E-state index in [0.29, 0.717) is 10.0 Å². The van der Waals surface area contributed by atoms with Crippen molar-refractivity contribution in [2.75, 3.05) is 14.2 Å². The summed E-state index contributed by atoms with van der Waals surface area (Å²) in [4.78, 5) is 4.59. The Labute approximate surface area is 150 Å². The average Bonchev–Trinajstić information content (AvgIpc) is 2.60. The molecule has 0 saturated heterocycles. The van der Waals surface area contributed by atoms with Crippen LogP contribution in [0.2, 0.25) is 10.0 Å². The van der Waals surface area contributed by atoms with Crippen LogP contribution in [0.25, 0.3) is 23.1 Å². The monoisotopic (exact) mass is 359 g/mol. The van der Waals surface area contributed by atoms with Crippen molar-refractivity contribution in [3.63, 3.8) is 0 Å². The Hall–Kier alpha value is -2.23. The summed E-state index contributed by atoms with van der Waals surface area (Å²) in [5, 5.41) is 2.09. The summed E-state index contributed by atoms with van der Waals surface area (Å²) >= 11 is 12.3. The molecule has 5 heteroatoms. The van der Waals surface area contributed by atoms with Gasteiger partial charge in [-0.2, -0.15) is 0 Å². The highest BCUT2D eigenvalue weighted by Crippen LogP contribution is 2.28. The first-order valence-electron chi connectivity index (χ1n) is 7.26. The second-order valence-corrected chi connectivity index (χ2v) is 5.98. The second-order valence-electron chi connectivity index (χ2n) is 5.13. The maximum atomic E-state index is 6.34. The number of halogens is 2. The Balaban J connectivity index is 1.97. The number of benzene rings is 2. The van der Waals surface area contributed by atoms with Gasteiger partial charge in [0, 0.05) is 22.0 Å². The highest BCUT2D eigenvalue weighted by Gasteiger charge is 2.05. The van der Waals surface area contributed by atoms with Crippen molar-refractivity contribution in [3.8, 4) is 11.5 Å². The summed E-state index contributed by atoms with van der Waals surface area (Å²) < 4.78 is 10.6. The minimum Gasteiger partial charge on any atom is -0.497 e. The van der Waals surface area contributed by atoms with Crippen molar-refractivity contribution in [2.45, 2.75) is 0 Å². The van der Waals surface area contributed by atoms with Crippen molar-refractivity contribution < 1.29 is 9.47 Å². The molecule has 0 atom stereocenters. The fourth-order valence-electron chi connectivity index (χ4n) is 2.39. The van der Waals surface area contributed by atoms with Crippen molar-refractivity contribution in [2.24, 2.45) is 0 Å². The lowest BCUT2D eigenvalue weighted by atomic mass is 10.1. The van der Waals surface area contributed by atoms with Gasteiger partial charge in [0.1, 0.15) is 11.5 Å². The molecule has 0 bridgehead atoms. The van der Waals surface area contributed by atoms with E-state index in [9.17, 15) is 0 Å². The van der Waals surface area contributed by atoms with Gasteiger partial charge in [0.2, 0.25) is 0 Å². The van der Waals surface area contributed by atoms with Crippen LogP contribution in [0.5, 0.6) is 11.5 Å². The average molecular weight is 360 g/mol. The van der Waals surface area contributed by atoms with Gasteiger partial charge in [-0.15, -0.1) is 0 Å². The number of hydrogen-bond acceptors (Lipinski definition) is 3. The number of ether oxygens (including phenoxy) is 2. The number of rotatable bonds is 4. The van der Waals surface area contributed by atoms with Gasteiger partial charge in [-0.25, -0.2) is 4.98 Å². The molecule has 0 saturated carbocycles. The third-order valence-electron chi connectivity index (χ3n) is 3.61. The largest absolute Gasteiger partial charge is 0.497 e. The highest BCUT2D eigenvalue weighted by molar-refractivity contribution is 6.36. The maximum absolute atomic E-state index is 6.34. The maximum Gasteiger partial charge on any atom is 0.129 e. The smallest absolute Gasteiger partial charge is 0.129 e. The first-order valence-corrected chi connectivity index (χ1v) is 8.02. The van der Waals surface area contributed by atoms with Crippen LogP contribution in [0.4, 0.5) is 0 Å². The fourth-order valence-corrected chi connectivity index (χ4v) is 2.83. The molecule has 0 aliphatic heterocycles. The zero-order chi connectivity index (χ0) is 17.1. The summed E-state index contributed by atoms with van der Waals surface area (Å²) in [6.07, 6.45) is 3.82. The summed E-state index contributed by atoms with van der Waals surface area (Å²) in [6, 6.07) is 12.9. The Morgan fingerprint density at radius 2 is 1.75 bits per heavy atom. The van der Waals surface area contributed by atoms with E-state index in [4.69, 9.17) is 32.7 Å². The number of aromatic nitrogens is 1. The molecule has 0 fully saturated rings. The standard InChI is InChI=1S/C19H15Cl2NO2/c1-23-15-7-4-12(19(11-15)24-2)3-6-14-10-17(21)16-9-13(20)5-8-18(16)22-14/h3-11H,1-2H3/b6-3+. The minimum atomic E-state index is 0.615. The summed E-state index contributed by atoms with van der Waals surface area (Å²) in [5.41, 5.74) is 2.48. The van der Waals surface area contributed by atoms with E-state index >= 15 is 0 Å². The predicted octanol–water partition coefficient (Wildman–Crippen LogP) is 5.73. The number of hydrogen-bond donors (Lipinski definition) is 0. The van der Waals surface area contributed by atoms with Crippen LogP contribution in [-0.2, 0) is 0 Å². The minimum absolute atomic E-state index is 0.615. The van der Waals surface area contributed by atoms with Crippen molar-refractivity contribution in [3.05, 3.63) is 63.8 Å². The first kappa shape index (κ1) is 16.6. The van der Waals surface area contributed by atoms with Crippen LogP contribution in [0.15, 0.2) is 42.5 Å². The van der Waals surface area contributed by atoms with Gasteiger partial charge in [-0.05, 0) is 48.6 Å². The van der Waals surface area contributed by atoms with Crippen LogP contribution in [0.1, 0.15) is 11.3 Å². The quantitative estimate of drug-likeness (QED) is 0.595. The van der Waals surface area contributed by atoms with Gasteiger partial charge in [0.15, 0.2) is 0 Å². The molecule has 0 radical (unpaired) electrons. The van der Waals surface area contributed by atoms with Gasteiger partial charge >= 0.3 is 0 Å². The van der Waals surface area contributed by atoms with Gasteiger partial charge in [0.25, 0.3) is 0 Å². The normalized spacial score (nSPS) is 11.2. The molecule has 0 N–H and O–H groups in total. The van der Waals surface area contributed by atoms with Crippen LogP contribution >= 0.6 is 23.2 Å². The molecule has 0 aliphatic carbocycles. The third-order valence-corrected chi connectivity index (χ3v) is 4.16. The Kier molecular flexibility index (Phi) is 4.93. The van der Waals surface area contributed by atoms with Gasteiger partial charge in [-0.1, -0.05) is 23.2 Å². The molecule has 0 unspecified atom stereocenters. The molecule has 24 heavy (non-hydrogen) atoms. The van der Waals surface area contributed by atoms with Crippen LogP contribution in [0, 0.1) is 0 Å². The molecule has 0 aliphatic rings. The number of fused-ring (bicyclic) bond motifs is 1. The molecule has 1 heterocycles. The van der Waals surface area contributed by atoms with Crippen LogP contribution in [0.3, 0.4) is 0 Å². The molecule has 122 valence electrons. The lowest BCUT2D eigenvalue weighted by molar-refractivity contribution is 0.394. The van der Waals surface area contributed by atoms with E-state index in [1.54, 1.807) is 20.3 Å².